The summed E-state index contributed by atoms with van der Waals surface area (Å²) < 4.78 is 0. The second-order valence-electron chi connectivity index (χ2n) is 5.07. The van der Waals surface area contributed by atoms with Crippen molar-refractivity contribution in [3.8, 4) is 0 Å². The van der Waals surface area contributed by atoms with Gasteiger partial charge in [0, 0.05) is 11.9 Å². The van der Waals surface area contributed by atoms with Crippen molar-refractivity contribution in [1.29, 1.82) is 0 Å². The first kappa shape index (κ1) is 29.5. The molecular formula is C16H31GaO5. The number of carboxylic acid groups (broad SMARTS) is 2. The van der Waals surface area contributed by atoms with Gasteiger partial charge in [0.1, 0.15) is 0 Å². The molecular weight excluding hydrogens is 342 g/mol. The van der Waals surface area contributed by atoms with E-state index in [0.717, 1.165) is 38.5 Å². The fourth-order valence-corrected chi connectivity index (χ4v) is 1.75. The molecule has 128 valence electrons. The van der Waals surface area contributed by atoms with E-state index in [9.17, 15) is 19.8 Å². The third-order valence-electron chi connectivity index (χ3n) is 2.97. The van der Waals surface area contributed by atoms with E-state index in [2.05, 4.69) is 13.8 Å². The van der Waals surface area contributed by atoms with E-state index in [1.807, 2.05) is 0 Å². The molecule has 0 aliphatic carbocycles. The molecule has 0 unspecified atom stereocenters. The van der Waals surface area contributed by atoms with Crippen LogP contribution in [0.5, 0.6) is 0 Å². The van der Waals surface area contributed by atoms with Gasteiger partial charge in [-0.2, -0.15) is 0 Å². The van der Waals surface area contributed by atoms with Gasteiger partial charge >= 0.3 is 19.8 Å². The van der Waals surface area contributed by atoms with Gasteiger partial charge in [-0.25, -0.2) is 0 Å². The Labute approximate surface area is 148 Å². The molecule has 0 aliphatic heterocycles. The fourth-order valence-electron chi connectivity index (χ4n) is 1.75. The van der Waals surface area contributed by atoms with Gasteiger partial charge in [0.25, 0.3) is 0 Å². The van der Waals surface area contributed by atoms with Gasteiger partial charge in [-0.3, -0.25) is 0 Å². The number of hydrogen-bond donors (Lipinski definition) is 0. The smallest absolute Gasteiger partial charge is 0.870 e. The van der Waals surface area contributed by atoms with Crippen molar-refractivity contribution in [3.63, 3.8) is 0 Å². The van der Waals surface area contributed by atoms with Crippen molar-refractivity contribution in [1.82, 2.24) is 0 Å². The maximum atomic E-state index is 9.92. The monoisotopic (exact) mass is 372 g/mol. The average Bonchev–Trinajstić information content (AvgIpc) is 2.38. The summed E-state index contributed by atoms with van der Waals surface area (Å²) in [4.78, 5) is 19.8. The van der Waals surface area contributed by atoms with Crippen LogP contribution in [0.2, 0.25) is 0 Å². The van der Waals surface area contributed by atoms with E-state index in [0.29, 0.717) is 0 Å². The standard InChI is InChI=1S/2C8H16O2.Ga.H2O/c2*1-2-3-4-5-6-7-8(9)10;;/h2*2-7H2,1H3,(H,9,10);;1H2/q;;+3;/p-3. The molecule has 0 atom stereocenters. The molecule has 0 heterocycles. The van der Waals surface area contributed by atoms with Crippen molar-refractivity contribution >= 4 is 31.7 Å². The summed E-state index contributed by atoms with van der Waals surface area (Å²) >= 11 is 0. The molecule has 0 saturated heterocycles. The predicted octanol–water partition coefficient (Wildman–Crippen LogP) is 1.64. The van der Waals surface area contributed by atoms with Crippen LogP contribution in [-0.2, 0) is 9.59 Å². The summed E-state index contributed by atoms with van der Waals surface area (Å²) in [5.74, 6) is -1.84. The second kappa shape index (κ2) is 25.5. The van der Waals surface area contributed by atoms with Crippen molar-refractivity contribution in [2.24, 2.45) is 0 Å². The Bertz CT molecular complexity index is 211. The van der Waals surface area contributed by atoms with Crippen molar-refractivity contribution in [2.45, 2.75) is 90.9 Å². The summed E-state index contributed by atoms with van der Waals surface area (Å²) in [5.41, 5.74) is 0. The fraction of sp³-hybridized carbons (Fsp3) is 0.875. The minimum absolute atomic E-state index is 0. The first-order valence-electron chi connectivity index (χ1n) is 7.94. The minimum Gasteiger partial charge on any atom is -0.870 e. The van der Waals surface area contributed by atoms with Crippen LogP contribution in [0.1, 0.15) is 90.9 Å². The summed E-state index contributed by atoms with van der Waals surface area (Å²) in [6, 6.07) is 0. The molecule has 0 bridgehead atoms. The van der Waals surface area contributed by atoms with E-state index < -0.39 is 11.9 Å². The quantitative estimate of drug-likeness (QED) is 0.382. The van der Waals surface area contributed by atoms with E-state index in [1.165, 1.54) is 25.7 Å². The van der Waals surface area contributed by atoms with Crippen LogP contribution < -0.4 is 10.2 Å². The van der Waals surface area contributed by atoms with Gasteiger partial charge < -0.3 is 25.3 Å². The zero-order valence-electron chi connectivity index (χ0n) is 14.1. The number of hydrogen-bond acceptors (Lipinski definition) is 5. The van der Waals surface area contributed by atoms with Gasteiger partial charge in [0.05, 0.1) is 0 Å². The molecule has 0 fully saturated rings. The predicted molar refractivity (Wildman–Crippen MR) is 84.5 cm³/mol. The molecule has 0 aromatic rings. The van der Waals surface area contributed by atoms with Crippen molar-refractivity contribution in [3.05, 3.63) is 0 Å². The van der Waals surface area contributed by atoms with E-state index >= 15 is 0 Å². The summed E-state index contributed by atoms with van der Waals surface area (Å²) in [6.07, 6.45) is 11.2. The van der Waals surface area contributed by atoms with Crippen LogP contribution in [0.25, 0.3) is 0 Å². The topological polar surface area (TPSA) is 110 Å². The number of carbonyl (C=O) groups excluding carboxylic acids is 2. The molecule has 0 aromatic carbocycles. The minimum atomic E-state index is -0.920. The molecule has 0 saturated carbocycles. The maximum Gasteiger partial charge on any atom is 3.00 e. The zero-order valence-corrected chi connectivity index (χ0v) is 16.6. The molecule has 6 heteroatoms. The normalized spacial score (nSPS) is 8.82. The van der Waals surface area contributed by atoms with E-state index in [4.69, 9.17) is 0 Å². The van der Waals surface area contributed by atoms with Crippen LogP contribution >= 0.6 is 0 Å². The first-order chi connectivity index (χ1) is 9.54. The second-order valence-corrected chi connectivity index (χ2v) is 5.07. The molecule has 1 N–H and O–H groups in total. The zero-order chi connectivity index (χ0) is 15.6. The largest absolute Gasteiger partial charge is 3.00 e. The van der Waals surface area contributed by atoms with Crippen LogP contribution in [0.15, 0.2) is 0 Å². The Morgan fingerprint density at radius 1 is 0.636 bits per heavy atom. The van der Waals surface area contributed by atoms with Crippen LogP contribution in [0.3, 0.4) is 0 Å². The Hall–Kier alpha value is -0.464. The molecule has 0 spiro atoms. The van der Waals surface area contributed by atoms with Crippen LogP contribution in [0.4, 0.5) is 0 Å². The van der Waals surface area contributed by atoms with Gasteiger partial charge in [-0.1, -0.05) is 65.2 Å². The number of rotatable bonds is 12. The number of carboxylic acids is 2. The molecule has 0 radical (unpaired) electrons. The summed E-state index contributed by atoms with van der Waals surface area (Å²) in [5, 5.41) is 19.8. The van der Waals surface area contributed by atoms with Crippen molar-refractivity contribution < 1.29 is 25.3 Å². The molecule has 0 rings (SSSR count). The first-order valence-corrected chi connectivity index (χ1v) is 7.94. The molecule has 5 nitrogen and oxygen atoms in total. The number of aliphatic carboxylic acids is 2. The maximum absolute atomic E-state index is 9.92. The van der Waals surface area contributed by atoms with Gasteiger partial charge in [0.15, 0.2) is 0 Å². The van der Waals surface area contributed by atoms with Gasteiger partial charge in [-0.05, 0) is 25.7 Å². The summed E-state index contributed by atoms with van der Waals surface area (Å²) in [7, 11) is 0. The molecule has 22 heavy (non-hydrogen) atoms. The Morgan fingerprint density at radius 3 is 1.14 bits per heavy atom. The number of carbonyl (C=O) groups is 2. The third-order valence-corrected chi connectivity index (χ3v) is 2.97. The van der Waals surface area contributed by atoms with Crippen LogP contribution in [-0.4, -0.2) is 37.2 Å². The Balaban J connectivity index is -0.000000135. The molecule has 0 aromatic heterocycles. The van der Waals surface area contributed by atoms with Gasteiger partial charge in [-0.15, -0.1) is 0 Å². The Kier molecular flexibility index (Phi) is 34.2. The Morgan fingerprint density at radius 2 is 0.909 bits per heavy atom. The van der Waals surface area contributed by atoms with E-state index in [-0.39, 0.29) is 38.1 Å². The average molecular weight is 373 g/mol. The SMILES string of the molecule is CCCCCCCC(=O)[O-].CCCCCCCC(=O)[O-].[Ga+3].[OH-]. The molecule has 0 aliphatic rings. The van der Waals surface area contributed by atoms with Crippen LogP contribution in [0, 0.1) is 0 Å². The van der Waals surface area contributed by atoms with E-state index in [1.54, 1.807) is 0 Å². The third kappa shape index (κ3) is 36.6. The van der Waals surface area contributed by atoms with Crippen molar-refractivity contribution in [2.75, 3.05) is 0 Å². The molecule has 0 amide bonds. The van der Waals surface area contributed by atoms with Gasteiger partial charge in [0.2, 0.25) is 0 Å². The summed E-state index contributed by atoms with van der Waals surface area (Å²) in [6.45, 7) is 4.28. The number of unbranched alkanes of at least 4 members (excludes halogenated alkanes) is 8.